The maximum atomic E-state index is 11.8. The van der Waals surface area contributed by atoms with Crippen molar-refractivity contribution < 1.29 is 9.59 Å². The minimum Gasteiger partial charge on any atom is -0.345 e. The summed E-state index contributed by atoms with van der Waals surface area (Å²) in [7, 11) is 3.30. The van der Waals surface area contributed by atoms with Crippen molar-refractivity contribution in [2.24, 2.45) is 5.73 Å². The van der Waals surface area contributed by atoms with Crippen LogP contribution >= 0.6 is 11.6 Å². The topological polar surface area (TPSA) is 75.4 Å². The van der Waals surface area contributed by atoms with E-state index in [1.807, 2.05) is 0 Å². The van der Waals surface area contributed by atoms with E-state index < -0.39 is 5.54 Å². The van der Waals surface area contributed by atoms with E-state index in [1.165, 1.54) is 11.0 Å². The first kappa shape index (κ1) is 15.5. The molecule has 0 unspecified atom stereocenters. The Balaban J connectivity index is 3.05. The van der Waals surface area contributed by atoms with Crippen LogP contribution in [0.15, 0.2) is 18.2 Å². The number of halogens is 1. The molecule has 0 fully saturated rings. The first-order valence-electron chi connectivity index (χ1n) is 5.74. The van der Waals surface area contributed by atoms with Gasteiger partial charge in [0.15, 0.2) is 0 Å². The Morgan fingerprint density at radius 2 is 1.89 bits per heavy atom. The fourth-order valence-corrected chi connectivity index (χ4v) is 1.46. The van der Waals surface area contributed by atoms with Crippen molar-refractivity contribution in [2.45, 2.75) is 19.4 Å². The van der Waals surface area contributed by atoms with E-state index in [0.29, 0.717) is 16.3 Å². The number of anilines is 1. The maximum Gasteiger partial charge on any atom is 0.253 e. The molecule has 5 nitrogen and oxygen atoms in total. The van der Waals surface area contributed by atoms with E-state index in [-0.39, 0.29) is 11.8 Å². The zero-order chi connectivity index (χ0) is 14.8. The molecule has 1 aromatic carbocycles. The predicted molar refractivity (Wildman–Crippen MR) is 76.4 cm³/mol. The van der Waals surface area contributed by atoms with E-state index in [1.54, 1.807) is 40.1 Å². The number of nitrogens with one attached hydrogen (secondary N) is 1. The van der Waals surface area contributed by atoms with Gasteiger partial charge in [-0.1, -0.05) is 11.6 Å². The molecule has 0 aliphatic heterocycles. The second kappa shape index (κ2) is 5.59. The maximum absolute atomic E-state index is 11.8. The molecule has 1 rings (SSSR count). The second-order valence-electron chi connectivity index (χ2n) is 5.07. The molecule has 19 heavy (non-hydrogen) atoms. The lowest BCUT2D eigenvalue weighted by atomic mass is 10.1. The Kier molecular flexibility index (Phi) is 4.55. The van der Waals surface area contributed by atoms with E-state index in [0.717, 1.165) is 0 Å². The van der Waals surface area contributed by atoms with Crippen LogP contribution in [0.1, 0.15) is 24.2 Å². The highest BCUT2D eigenvalue weighted by Crippen LogP contribution is 2.24. The molecule has 0 aliphatic rings. The fourth-order valence-electron chi connectivity index (χ4n) is 1.30. The smallest absolute Gasteiger partial charge is 0.253 e. The Morgan fingerprint density at radius 1 is 1.32 bits per heavy atom. The van der Waals surface area contributed by atoms with Crippen LogP contribution in [0.2, 0.25) is 5.02 Å². The van der Waals surface area contributed by atoms with Gasteiger partial charge in [0, 0.05) is 19.7 Å². The van der Waals surface area contributed by atoms with E-state index in [4.69, 9.17) is 17.3 Å². The summed E-state index contributed by atoms with van der Waals surface area (Å²) < 4.78 is 0. The van der Waals surface area contributed by atoms with Gasteiger partial charge in [-0.2, -0.15) is 0 Å². The third-order valence-electron chi connectivity index (χ3n) is 2.45. The average molecular weight is 284 g/mol. The highest BCUT2D eigenvalue weighted by atomic mass is 35.5. The van der Waals surface area contributed by atoms with Crippen LogP contribution in [-0.4, -0.2) is 36.3 Å². The normalized spacial score (nSPS) is 11.1. The molecule has 1 aromatic rings. The number of nitrogens with two attached hydrogens (primary N) is 1. The number of carbonyl (C=O) groups is 2. The van der Waals surface area contributed by atoms with E-state index in [2.05, 4.69) is 5.32 Å². The Labute approximate surface area is 117 Å². The Hall–Kier alpha value is -1.59. The minimum absolute atomic E-state index is 0.167. The van der Waals surface area contributed by atoms with Gasteiger partial charge in [0.1, 0.15) is 0 Å². The predicted octanol–water partition coefficient (Wildman–Crippen LogP) is 1.72. The first-order valence-corrected chi connectivity index (χ1v) is 6.12. The van der Waals surface area contributed by atoms with Crippen LogP contribution in [0.3, 0.4) is 0 Å². The quantitative estimate of drug-likeness (QED) is 0.887. The van der Waals surface area contributed by atoms with Crippen LogP contribution in [-0.2, 0) is 4.79 Å². The van der Waals surface area contributed by atoms with Crippen molar-refractivity contribution in [1.29, 1.82) is 0 Å². The molecule has 0 spiro atoms. The van der Waals surface area contributed by atoms with Crippen molar-refractivity contribution in [3.63, 3.8) is 0 Å². The highest BCUT2D eigenvalue weighted by molar-refractivity contribution is 6.34. The Morgan fingerprint density at radius 3 is 2.37 bits per heavy atom. The molecular weight excluding hydrogens is 266 g/mol. The molecular formula is C13H18ClN3O2. The second-order valence-corrected chi connectivity index (χ2v) is 5.48. The van der Waals surface area contributed by atoms with Gasteiger partial charge in [0.2, 0.25) is 5.91 Å². The lowest BCUT2D eigenvalue weighted by molar-refractivity contribution is -0.120. The number of benzene rings is 1. The number of nitrogens with zero attached hydrogens (tertiary/aromatic N) is 1. The molecule has 0 saturated carbocycles. The van der Waals surface area contributed by atoms with Gasteiger partial charge >= 0.3 is 0 Å². The highest BCUT2D eigenvalue weighted by Gasteiger charge is 2.23. The fraction of sp³-hybridized carbons (Fsp3) is 0.385. The molecule has 2 amide bonds. The summed E-state index contributed by atoms with van der Waals surface area (Å²) in [6.45, 7) is 3.18. The third kappa shape index (κ3) is 3.94. The zero-order valence-electron chi connectivity index (χ0n) is 11.5. The van der Waals surface area contributed by atoms with E-state index >= 15 is 0 Å². The van der Waals surface area contributed by atoms with Crippen LogP contribution in [0.4, 0.5) is 5.69 Å². The number of rotatable bonds is 3. The van der Waals surface area contributed by atoms with Gasteiger partial charge in [-0.15, -0.1) is 0 Å². The van der Waals surface area contributed by atoms with Crippen molar-refractivity contribution in [2.75, 3.05) is 19.4 Å². The van der Waals surface area contributed by atoms with Gasteiger partial charge < -0.3 is 16.0 Å². The lowest BCUT2D eigenvalue weighted by Crippen LogP contribution is -2.45. The molecule has 104 valence electrons. The van der Waals surface area contributed by atoms with Crippen LogP contribution in [0.25, 0.3) is 0 Å². The molecule has 0 saturated heterocycles. The van der Waals surface area contributed by atoms with Gasteiger partial charge in [0.25, 0.3) is 5.91 Å². The summed E-state index contributed by atoms with van der Waals surface area (Å²) in [6.07, 6.45) is 0. The van der Waals surface area contributed by atoms with Crippen LogP contribution in [0.5, 0.6) is 0 Å². The molecule has 0 atom stereocenters. The molecule has 0 bridgehead atoms. The summed E-state index contributed by atoms with van der Waals surface area (Å²) in [5.41, 5.74) is 5.49. The summed E-state index contributed by atoms with van der Waals surface area (Å²) in [6, 6.07) is 4.71. The van der Waals surface area contributed by atoms with Crippen molar-refractivity contribution in [3.05, 3.63) is 28.8 Å². The molecule has 3 N–H and O–H groups in total. The van der Waals surface area contributed by atoms with E-state index in [9.17, 15) is 9.59 Å². The SMILES string of the molecule is CN(C)C(=O)c1ccc(Cl)c(NC(=O)C(C)(C)N)c1. The number of hydrogen-bond donors (Lipinski definition) is 2. The minimum atomic E-state index is -1.02. The number of carbonyl (C=O) groups excluding carboxylic acids is 2. The summed E-state index contributed by atoms with van der Waals surface area (Å²) >= 11 is 5.99. The first-order chi connectivity index (χ1) is 8.62. The van der Waals surface area contributed by atoms with Crippen LogP contribution < -0.4 is 11.1 Å². The van der Waals surface area contributed by atoms with Crippen molar-refractivity contribution in [1.82, 2.24) is 4.90 Å². The Bertz CT molecular complexity index is 507. The molecule has 0 heterocycles. The number of hydrogen-bond acceptors (Lipinski definition) is 3. The molecule has 6 heteroatoms. The summed E-state index contributed by atoms with van der Waals surface area (Å²) in [4.78, 5) is 25.1. The summed E-state index contributed by atoms with van der Waals surface area (Å²) in [5.74, 6) is -0.539. The van der Waals surface area contributed by atoms with Gasteiger partial charge in [-0.3, -0.25) is 9.59 Å². The van der Waals surface area contributed by atoms with Gasteiger partial charge in [-0.25, -0.2) is 0 Å². The summed E-state index contributed by atoms with van der Waals surface area (Å²) in [5, 5.41) is 2.97. The average Bonchev–Trinajstić information content (AvgIpc) is 2.29. The monoisotopic (exact) mass is 283 g/mol. The zero-order valence-corrected chi connectivity index (χ0v) is 12.2. The third-order valence-corrected chi connectivity index (χ3v) is 2.78. The molecule has 0 aliphatic carbocycles. The number of amides is 2. The van der Waals surface area contributed by atoms with Crippen molar-refractivity contribution in [3.8, 4) is 0 Å². The molecule has 0 radical (unpaired) electrons. The molecule has 0 aromatic heterocycles. The largest absolute Gasteiger partial charge is 0.345 e. The van der Waals surface area contributed by atoms with Gasteiger partial charge in [0.05, 0.1) is 16.2 Å². The van der Waals surface area contributed by atoms with Crippen LogP contribution in [0, 0.1) is 0 Å². The van der Waals surface area contributed by atoms with Gasteiger partial charge in [-0.05, 0) is 32.0 Å². The van der Waals surface area contributed by atoms with Crippen molar-refractivity contribution >= 4 is 29.1 Å². The standard InChI is InChI=1S/C13H18ClN3O2/c1-13(2,15)12(19)16-10-7-8(5-6-9(10)14)11(18)17(3)4/h5-7H,15H2,1-4H3,(H,16,19). The lowest BCUT2D eigenvalue weighted by Gasteiger charge is -2.19.